The maximum absolute atomic E-state index is 12.8. The van der Waals surface area contributed by atoms with Crippen LogP contribution in [-0.4, -0.2) is 21.9 Å². The Kier molecular flexibility index (Phi) is 4.11. The third-order valence-electron chi connectivity index (χ3n) is 5.45. The normalized spacial score (nSPS) is 24.3. The van der Waals surface area contributed by atoms with Crippen molar-refractivity contribution in [3.63, 3.8) is 0 Å². The highest BCUT2D eigenvalue weighted by Crippen LogP contribution is 2.53. The van der Waals surface area contributed by atoms with Crippen LogP contribution in [0.2, 0.25) is 0 Å². The SMILES string of the molecule is CSC1(C2CC(=O)C(c3cc(C)ccc3C)=C(O)C2)CCC1. The minimum absolute atomic E-state index is 0.114. The van der Waals surface area contributed by atoms with E-state index in [2.05, 4.69) is 6.26 Å². The van der Waals surface area contributed by atoms with Crippen molar-refractivity contribution in [2.45, 2.75) is 50.7 Å². The molecule has 1 saturated carbocycles. The highest BCUT2D eigenvalue weighted by atomic mass is 32.2. The number of carbonyl (C=O) groups excluding carboxylic acids is 1. The maximum Gasteiger partial charge on any atom is 0.167 e. The number of allylic oxidation sites excluding steroid dienone is 2. The molecule has 0 bridgehead atoms. The molecule has 2 nitrogen and oxygen atoms in total. The molecular formula is C19H24O2S. The summed E-state index contributed by atoms with van der Waals surface area (Å²) in [5.41, 5.74) is 3.65. The molecule has 1 unspecified atom stereocenters. The molecule has 22 heavy (non-hydrogen) atoms. The summed E-state index contributed by atoms with van der Waals surface area (Å²) in [5, 5.41) is 10.6. The lowest BCUT2D eigenvalue weighted by Crippen LogP contribution is -2.43. The van der Waals surface area contributed by atoms with Crippen LogP contribution in [0.1, 0.15) is 48.8 Å². The molecule has 0 aromatic heterocycles. The lowest BCUT2D eigenvalue weighted by Gasteiger charge is -2.47. The van der Waals surface area contributed by atoms with Crippen molar-refractivity contribution < 1.29 is 9.90 Å². The fourth-order valence-electron chi connectivity index (χ4n) is 3.88. The zero-order valence-electron chi connectivity index (χ0n) is 13.6. The van der Waals surface area contributed by atoms with E-state index in [4.69, 9.17) is 0 Å². The summed E-state index contributed by atoms with van der Waals surface area (Å²) >= 11 is 1.89. The largest absolute Gasteiger partial charge is 0.512 e. The second kappa shape index (κ2) is 5.77. The van der Waals surface area contributed by atoms with Crippen molar-refractivity contribution in [3.8, 4) is 0 Å². The Morgan fingerprint density at radius 2 is 1.95 bits per heavy atom. The van der Waals surface area contributed by atoms with Gasteiger partial charge < -0.3 is 5.11 Å². The molecule has 0 saturated heterocycles. The molecule has 0 aliphatic heterocycles. The van der Waals surface area contributed by atoms with E-state index in [0.717, 1.165) is 16.7 Å². The van der Waals surface area contributed by atoms with Gasteiger partial charge in [0.1, 0.15) is 5.76 Å². The Morgan fingerprint density at radius 3 is 2.50 bits per heavy atom. The van der Waals surface area contributed by atoms with Gasteiger partial charge in [-0.25, -0.2) is 0 Å². The lowest BCUT2D eigenvalue weighted by molar-refractivity contribution is -0.115. The van der Waals surface area contributed by atoms with Crippen LogP contribution in [0.15, 0.2) is 24.0 Å². The third kappa shape index (κ3) is 2.50. The van der Waals surface area contributed by atoms with Gasteiger partial charge >= 0.3 is 0 Å². The molecule has 2 aliphatic carbocycles. The Bertz CT molecular complexity index is 635. The fraction of sp³-hybridized carbons (Fsp3) is 0.526. The van der Waals surface area contributed by atoms with Crippen molar-refractivity contribution >= 4 is 23.1 Å². The summed E-state index contributed by atoms with van der Waals surface area (Å²) in [7, 11) is 0. The molecule has 1 aromatic carbocycles. The van der Waals surface area contributed by atoms with Gasteiger partial charge in [0, 0.05) is 17.6 Å². The Balaban J connectivity index is 1.96. The van der Waals surface area contributed by atoms with Gasteiger partial charge in [-0.15, -0.1) is 0 Å². The summed E-state index contributed by atoms with van der Waals surface area (Å²) in [5.74, 6) is 0.704. The third-order valence-corrected chi connectivity index (χ3v) is 7.01. The quantitative estimate of drug-likeness (QED) is 0.867. The first kappa shape index (κ1) is 15.7. The van der Waals surface area contributed by atoms with Crippen LogP contribution in [0.5, 0.6) is 0 Å². The van der Waals surface area contributed by atoms with Gasteiger partial charge in [0.15, 0.2) is 5.78 Å². The van der Waals surface area contributed by atoms with Crippen LogP contribution in [0, 0.1) is 19.8 Å². The molecule has 0 spiro atoms. The number of Topliss-reactive ketones (excluding diaryl/α,β-unsaturated/α-hetero) is 1. The van der Waals surface area contributed by atoms with E-state index in [1.807, 2.05) is 43.8 Å². The number of rotatable bonds is 3. The number of hydrogen-bond donors (Lipinski definition) is 1. The number of benzene rings is 1. The van der Waals surface area contributed by atoms with E-state index < -0.39 is 0 Å². The average molecular weight is 316 g/mol. The van der Waals surface area contributed by atoms with Crippen molar-refractivity contribution in [2.24, 2.45) is 5.92 Å². The molecule has 0 radical (unpaired) electrons. The Labute approximate surface area is 137 Å². The highest BCUT2D eigenvalue weighted by molar-refractivity contribution is 8.00. The number of hydrogen-bond acceptors (Lipinski definition) is 3. The summed E-state index contributed by atoms with van der Waals surface area (Å²) in [4.78, 5) is 12.8. The van der Waals surface area contributed by atoms with E-state index in [-0.39, 0.29) is 16.4 Å². The van der Waals surface area contributed by atoms with E-state index >= 15 is 0 Å². The van der Waals surface area contributed by atoms with Crippen LogP contribution in [0.25, 0.3) is 5.57 Å². The number of aryl methyl sites for hydroxylation is 2. The Morgan fingerprint density at radius 1 is 1.23 bits per heavy atom. The van der Waals surface area contributed by atoms with Gasteiger partial charge in [-0.1, -0.05) is 30.2 Å². The van der Waals surface area contributed by atoms with Gasteiger partial charge in [0.25, 0.3) is 0 Å². The van der Waals surface area contributed by atoms with Crippen LogP contribution < -0.4 is 0 Å². The molecule has 1 N–H and O–H groups in total. The second-order valence-electron chi connectivity index (χ2n) is 6.79. The molecule has 0 heterocycles. The van der Waals surface area contributed by atoms with Crippen molar-refractivity contribution in [1.82, 2.24) is 0 Å². The summed E-state index contributed by atoms with van der Waals surface area (Å²) < 4.78 is 0.219. The molecule has 2 aliphatic rings. The molecule has 118 valence electrons. The molecule has 1 atom stereocenters. The topological polar surface area (TPSA) is 37.3 Å². The number of ketones is 1. The number of carbonyl (C=O) groups is 1. The smallest absolute Gasteiger partial charge is 0.167 e. The number of thioether (sulfide) groups is 1. The van der Waals surface area contributed by atoms with E-state index in [9.17, 15) is 9.90 Å². The van der Waals surface area contributed by atoms with E-state index in [0.29, 0.717) is 24.2 Å². The van der Waals surface area contributed by atoms with Crippen LogP contribution in [-0.2, 0) is 4.79 Å². The monoisotopic (exact) mass is 316 g/mol. The van der Waals surface area contributed by atoms with Crippen molar-refractivity contribution in [3.05, 3.63) is 40.6 Å². The predicted molar refractivity (Wildman–Crippen MR) is 93.3 cm³/mol. The summed E-state index contributed by atoms with van der Waals surface area (Å²) in [6.07, 6.45) is 6.98. The molecule has 1 fully saturated rings. The van der Waals surface area contributed by atoms with Crippen LogP contribution >= 0.6 is 11.8 Å². The van der Waals surface area contributed by atoms with Crippen molar-refractivity contribution in [1.29, 1.82) is 0 Å². The Hall–Kier alpha value is -1.22. The van der Waals surface area contributed by atoms with Gasteiger partial charge in [-0.05, 0) is 50.0 Å². The van der Waals surface area contributed by atoms with Crippen molar-refractivity contribution in [2.75, 3.05) is 6.26 Å². The molecule has 3 heteroatoms. The van der Waals surface area contributed by atoms with Crippen LogP contribution in [0.4, 0.5) is 0 Å². The van der Waals surface area contributed by atoms with E-state index in [1.54, 1.807) is 0 Å². The first-order valence-electron chi connectivity index (χ1n) is 8.05. The number of aliphatic hydroxyl groups excluding tert-OH is 1. The van der Waals surface area contributed by atoms with Gasteiger partial charge in [0.2, 0.25) is 0 Å². The lowest BCUT2D eigenvalue weighted by atomic mass is 9.68. The highest BCUT2D eigenvalue weighted by Gasteiger charge is 2.46. The standard InChI is InChI=1S/C19H24O2S/c1-12-5-6-13(2)15(9-12)18-16(20)10-14(11-17(18)21)19(22-3)7-4-8-19/h5-6,9,14,20H,4,7-8,10-11H2,1-3H3. The molecule has 1 aromatic rings. The maximum atomic E-state index is 12.8. The molecular weight excluding hydrogens is 292 g/mol. The fourth-order valence-corrected chi connectivity index (χ4v) is 5.08. The van der Waals surface area contributed by atoms with Gasteiger partial charge in [-0.3, -0.25) is 4.79 Å². The molecule has 3 rings (SSSR count). The van der Waals surface area contributed by atoms with Gasteiger partial charge in [0.05, 0.1) is 5.57 Å². The second-order valence-corrected chi connectivity index (χ2v) is 8.01. The average Bonchev–Trinajstić information content (AvgIpc) is 2.41. The minimum Gasteiger partial charge on any atom is -0.512 e. The zero-order chi connectivity index (χ0) is 15.9. The summed E-state index contributed by atoms with van der Waals surface area (Å²) in [6.45, 7) is 4.03. The number of aliphatic hydroxyl groups is 1. The predicted octanol–water partition coefficient (Wildman–Crippen LogP) is 4.84. The van der Waals surface area contributed by atoms with Gasteiger partial charge in [-0.2, -0.15) is 11.8 Å². The van der Waals surface area contributed by atoms with Crippen LogP contribution in [0.3, 0.4) is 0 Å². The minimum atomic E-state index is 0.114. The van der Waals surface area contributed by atoms with E-state index in [1.165, 1.54) is 19.3 Å². The summed E-state index contributed by atoms with van der Waals surface area (Å²) in [6, 6.07) is 6.09. The first-order chi connectivity index (χ1) is 10.5. The molecule has 0 amide bonds. The zero-order valence-corrected chi connectivity index (χ0v) is 14.4. The first-order valence-corrected chi connectivity index (χ1v) is 9.27.